The number of nitrogens with two attached hydrogens (primary N) is 1. The number of carbonyl (C=O) groups excluding carboxylic acids is 1. The molecule has 1 aliphatic rings. The van der Waals surface area contributed by atoms with Crippen molar-refractivity contribution in [2.24, 2.45) is 5.84 Å². The minimum Gasteiger partial charge on any atom is -0.377 e. The maximum absolute atomic E-state index is 12.6. The Balaban J connectivity index is 2.22. The highest BCUT2D eigenvalue weighted by Crippen LogP contribution is 2.23. The van der Waals surface area contributed by atoms with Gasteiger partial charge in [-0.15, -0.1) is 0 Å². The van der Waals surface area contributed by atoms with Crippen molar-refractivity contribution in [2.45, 2.75) is 19.1 Å². The summed E-state index contributed by atoms with van der Waals surface area (Å²) in [6.45, 7) is 2.98. The first-order valence-corrected chi connectivity index (χ1v) is 6.52. The van der Waals surface area contributed by atoms with Crippen LogP contribution >= 0.6 is 0 Å². The van der Waals surface area contributed by atoms with Crippen molar-refractivity contribution in [3.63, 3.8) is 0 Å². The minimum absolute atomic E-state index is 0.0664. The number of benzene rings is 1. The molecule has 0 radical (unpaired) electrons. The van der Waals surface area contributed by atoms with Crippen molar-refractivity contribution < 1.29 is 14.3 Å². The van der Waals surface area contributed by atoms with Gasteiger partial charge in [0, 0.05) is 27.3 Å². The number of rotatable bonds is 4. The van der Waals surface area contributed by atoms with Crippen molar-refractivity contribution in [1.82, 2.24) is 4.90 Å². The number of aryl methyl sites for hydroxylation is 1. The van der Waals surface area contributed by atoms with Crippen molar-refractivity contribution in [3.05, 3.63) is 29.3 Å². The van der Waals surface area contributed by atoms with E-state index in [1.807, 2.05) is 19.1 Å². The molecule has 2 atom stereocenters. The van der Waals surface area contributed by atoms with Crippen LogP contribution in [0.4, 0.5) is 5.69 Å². The molecule has 0 spiro atoms. The topological polar surface area (TPSA) is 76.8 Å². The van der Waals surface area contributed by atoms with Crippen LogP contribution in [0.15, 0.2) is 18.2 Å². The van der Waals surface area contributed by atoms with E-state index in [4.69, 9.17) is 15.3 Å². The third-order valence-corrected chi connectivity index (χ3v) is 3.67. The number of likely N-dealkylation sites (tertiary alicyclic amines) is 1. The number of nitrogen functional groups attached to an aromatic ring is 1. The summed E-state index contributed by atoms with van der Waals surface area (Å²) < 4.78 is 10.7. The summed E-state index contributed by atoms with van der Waals surface area (Å²) in [5.41, 5.74) is 4.77. The van der Waals surface area contributed by atoms with Gasteiger partial charge in [-0.2, -0.15) is 0 Å². The largest absolute Gasteiger partial charge is 0.377 e. The van der Waals surface area contributed by atoms with Crippen LogP contribution in [0.25, 0.3) is 0 Å². The first kappa shape index (κ1) is 14.8. The molecule has 1 amide bonds. The predicted octanol–water partition coefficient (Wildman–Crippen LogP) is 0.766. The first-order chi connectivity index (χ1) is 9.60. The van der Waals surface area contributed by atoms with E-state index in [2.05, 4.69) is 5.43 Å². The van der Waals surface area contributed by atoms with E-state index in [9.17, 15) is 4.79 Å². The molecule has 1 aromatic carbocycles. The van der Waals surface area contributed by atoms with Crippen LogP contribution < -0.4 is 11.3 Å². The van der Waals surface area contributed by atoms with E-state index in [1.165, 1.54) is 0 Å². The van der Waals surface area contributed by atoms with E-state index in [0.717, 1.165) is 5.56 Å². The Kier molecular flexibility index (Phi) is 4.59. The van der Waals surface area contributed by atoms with Gasteiger partial charge in [0.15, 0.2) is 0 Å². The maximum Gasteiger partial charge on any atom is 0.256 e. The Morgan fingerprint density at radius 2 is 1.90 bits per heavy atom. The summed E-state index contributed by atoms with van der Waals surface area (Å²) in [6, 6.07) is 5.55. The van der Waals surface area contributed by atoms with Gasteiger partial charge in [-0.1, -0.05) is 11.6 Å². The molecule has 6 nitrogen and oxygen atoms in total. The van der Waals surface area contributed by atoms with E-state index < -0.39 is 0 Å². The maximum atomic E-state index is 12.6. The van der Waals surface area contributed by atoms with Crippen LogP contribution in [0, 0.1) is 6.92 Å². The molecule has 1 fully saturated rings. The summed E-state index contributed by atoms with van der Waals surface area (Å²) in [7, 11) is 3.26. The molecule has 0 aromatic heterocycles. The lowest BCUT2D eigenvalue weighted by molar-refractivity contribution is -0.00461. The molecule has 1 aromatic rings. The zero-order chi connectivity index (χ0) is 14.7. The molecule has 2 unspecified atom stereocenters. The summed E-state index contributed by atoms with van der Waals surface area (Å²) in [5.74, 6) is 5.41. The number of nitrogens with zero attached hydrogens (tertiary/aromatic N) is 1. The quantitative estimate of drug-likeness (QED) is 0.629. The lowest BCUT2D eigenvalue weighted by Gasteiger charge is -2.18. The second-order valence-corrected chi connectivity index (χ2v) is 4.95. The van der Waals surface area contributed by atoms with Gasteiger partial charge in [-0.05, 0) is 19.1 Å². The van der Waals surface area contributed by atoms with E-state index in [-0.39, 0.29) is 18.1 Å². The predicted molar refractivity (Wildman–Crippen MR) is 76.5 cm³/mol. The summed E-state index contributed by atoms with van der Waals surface area (Å²) in [5, 5.41) is 0. The number of amides is 1. The van der Waals surface area contributed by atoms with E-state index >= 15 is 0 Å². The average Bonchev–Trinajstić information content (AvgIpc) is 2.89. The van der Waals surface area contributed by atoms with Crippen LogP contribution in [0.3, 0.4) is 0 Å². The molecule has 6 heteroatoms. The zero-order valence-electron chi connectivity index (χ0n) is 12.1. The molecule has 20 heavy (non-hydrogen) atoms. The van der Waals surface area contributed by atoms with Crippen LogP contribution in [-0.4, -0.2) is 50.3 Å². The van der Waals surface area contributed by atoms with Gasteiger partial charge >= 0.3 is 0 Å². The third kappa shape index (κ3) is 2.77. The fraction of sp³-hybridized carbons (Fsp3) is 0.500. The zero-order valence-corrected chi connectivity index (χ0v) is 12.1. The van der Waals surface area contributed by atoms with Gasteiger partial charge in [0.1, 0.15) is 12.2 Å². The summed E-state index contributed by atoms with van der Waals surface area (Å²) in [4.78, 5) is 14.4. The molecule has 2 rings (SSSR count). The number of ether oxygens (including phenoxy) is 2. The van der Waals surface area contributed by atoms with Crippen molar-refractivity contribution >= 4 is 11.6 Å². The van der Waals surface area contributed by atoms with Gasteiger partial charge in [0.05, 0.1) is 11.3 Å². The number of anilines is 1. The number of hydrogen-bond donors (Lipinski definition) is 2. The van der Waals surface area contributed by atoms with Gasteiger partial charge in [0.2, 0.25) is 0 Å². The molecular weight excluding hydrogens is 258 g/mol. The van der Waals surface area contributed by atoms with Crippen LogP contribution in [0.5, 0.6) is 0 Å². The number of carbonyl (C=O) groups is 1. The smallest absolute Gasteiger partial charge is 0.256 e. The normalized spacial score (nSPS) is 22.1. The highest BCUT2D eigenvalue weighted by molar-refractivity contribution is 6.00. The lowest BCUT2D eigenvalue weighted by atomic mass is 10.1. The lowest BCUT2D eigenvalue weighted by Crippen LogP contribution is -2.31. The monoisotopic (exact) mass is 279 g/mol. The Hall–Kier alpha value is -1.63. The molecule has 1 heterocycles. The number of methoxy groups -OCH3 is 2. The van der Waals surface area contributed by atoms with Gasteiger partial charge < -0.3 is 19.8 Å². The number of hydrogen-bond acceptors (Lipinski definition) is 5. The SMILES string of the molecule is COC1CN(C(=O)c2cc(C)ccc2NN)CC1OC. The number of nitrogens with one attached hydrogen (secondary N) is 1. The molecule has 0 saturated carbocycles. The molecule has 110 valence electrons. The molecular formula is C14H21N3O3. The fourth-order valence-corrected chi connectivity index (χ4v) is 2.49. The molecule has 1 saturated heterocycles. The average molecular weight is 279 g/mol. The minimum atomic E-state index is -0.0944. The Bertz CT molecular complexity index is 481. The fourth-order valence-electron chi connectivity index (χ4n) is 2.49. The van der Waals surface area contributed by atoms with Gasteiger partial charge in [0.25, 0.3) is 5.91 Å². The Morgan fingerprint density at radius 1 is 1.30 bits per heavy atom. The van der Waals surface area contributed by atoms with E-state index in [0.29, 0.717) is 24.3 Å². The van der Waals surface area contributed by atoms with Crippen molar-refractivity contribution in [2.75, 3.05) is 32.7 Å². The Morgan fingerprint density at radius 3 is 2.40 bits per heavy atom. The summed E-state index contributed by atoms with van der Waals surface area (Å²) in [6.07, 6.45) is -0.189. The van der Waals surface area contributed by atoms with Crippen LogP contribution in [-0.2, 0) is 9.47 Å². The van der Waals surface area contributed by atoms with Crippen molar-refractivity contribution in [1.29, 1.82) is 0 Å². The second-order valence-electron chi connectivity index (χ2n) is 4.95. The molecule has 0 bridgehead atoms. The third-order valence-electron chi connectivity index (χ3n) is 3.67. The first-order valence-electron chi connectivity index (χ1n) is 6.52. The van der Waals surface area contributed by atoms with Crippen LogP contribution in [0.2, 0.25) is 0 Å². The van der Waals surface area contributed by atoms with Crippen LogP contribution in [0.1, 0.15) is 15.9 Å². The summed E-state index contributed by atoms with van der Waals surface area (Å²) >= 11 is 0. The standard InChI is InChI=1S/C14H21N3O3/c1-9-4-5-11(16-15)10(6-9)14(18)17-7-12(19-2)13(8-17)20-3/h4-6,12-13,16H,7-8,15H2,1-3H3. The molecule has 1 aliphatic heterocycles. The van der Waals surface area contributed by atoms with Gasteiger partial charge in [-0.3, -0.25) is 10.6 Å². The van der Waals surface area contributed by atoms with Gasteiger partial charge in [-0.25, -0.2) is 0 Å². The Labute approximate surface area is 118 Å². The van der Waals surface area contributed by atoms with Crippen molar-refractivity contribution in [3.8, 4) is 0 Å². The molecule has 0 aliphatic carbocycles. The molecule has 3 N–H and O–H groups in total. The highest BCUT2D eigenvalue weighted by atomic mass is 16.5. The van der Waals surface area contributed by atoms with E-state index in [1.54, 1.807) is 25.2 Å². The second kappa shape index (κ2) is 6.21. The number of hydrazine groups is 1. The highest BCUT2D eigenvalue weighted by Gasteiger charge is 2.36.